The molecule has 2 aromatic heterocycles. The number of ether oxygens (including phenoxy) is 2. The second-order valence-corrected chi connectivity index (χ2v) is 8.42. The molecule has 0 radical (unpaired) electrons. The molecule has 1 saturated carbocycles. The van der Waals surface area contributed by atoms with Gasteiger partial charge in [-0.3, -0.25) is 9.78 Å². The first-order chi connectivity index (χ1) is 14.2. The summed E-state index contributed by atoms with van der Waals surface area (Å²) in [6, 6.07) is 8.31. The molecular weight excluding hydrogens is 386 g/mol. The first-order valence-corrected chi connectivity index (χ1v) is 10.9. The smallest absolute Gasteiger partial charge is 0.252 e. The molecule has 0 atom stereocenters. The number of methoxy groups -OCH3 is 1. The molecule has 4 rings (SSSR count). The molecule has 3 aromatic rings. The third-order valence-electron chi connectivity index (χ3n) is 5.64. The van der Waals surface area contributed by atoms with Gasteiger partial charge in [-0.15, -0.1) is 11.3 Å². The van der Waals surface area contributed by atoms with Crippen molar-refractivity contribution in [1.82, 2.24) is 9.55 Å². The molecule has 0 amide bonds. The van der Waals surface area contributed by atoms with E-state index in [1.807, 2.05) is 24.8 Å². The monoisotopic (exact) mass is 413 g/mol. The highest BCUT2D eigenvalue weighted by atomic mass is 32.1. The number of aryl methyl sites for hydroxylation is 1. The second kappa shape index (κ2) is 9.07. The third-order valence-corrected chi connectivity index (χ3v) is 6.46. The summed E-state index contributed by atoms with van der Waals surface area (Å²) in [5.74, 6) is 0. The lowest BCUT2D eigenvalue weighted by atomic mass is 9.92. The molecule has 7 heteroatoms. The summed E-state index contributed by atoms with van der Waals surface area (Å²) < 4.78 is 12.6. The van der Waals surface area contributed by atoms with Gasteiger partial charge in [0.25, 0.3) is 5.56 Å². The van der Waals surface area contributed by atoms with Gasteiger partial charge in [0.15, 0.2) is 0 Å². The van der Waals surface area contributed by atoms with Crippen LogP contribution in [0.3, 0.4) is 0 Å². The van der Waals surface area contributed by atoms with Gasteiger partial charge in [0.1, 0.15) is 0 Å². The van der Waals surface area contributed by atoms with Crippen LogP contribution >= 0.6 is 11.3 Å². The van der Waals surface area contributed by atoms with Crippen LogP contribution < -0.4 is 10.9 Å². The molecule has 0 bridgehead atoms. The zero-order valence-electron chi connectivity index (χ0n) is 16.9. The van der Waals surface area contributed by atoms with Crippen molar-refractivity contribution in [3.63, 3.8) is 0 Å². The maximum Gasteiger partial charge on any atom is 0.252 e. The normalized spacial score (nSPS) is 19.5. The number of hydrogen-bond acceptors (Lipinski definition) is 6. The van der Waals surface area contributed by atoms with Crippen molar-refractivity contribution in [3.05, 3.63) is 46.3 Å². The van der Waals surface area contributed by atoms with E-state index in [1.165, 1.54) is 0 Å². The summed E-state index contributed by atoms with van der Waals surface area (Å²) in [7, 11) is 3.52. The quantitative estimate of drug-likeness (QED) is 0.592. The highest BCUT2D eigenvalue weighted by molar-refractivity contribution is 7.13. The van der Waals surface area contributed by atoms with Gasteiger partial charge >= 0.3 is 0 Å². The number of nitrogens with zero attached hydrogens (tertiary/aromatic N) is 2. The summed E-state index contributed by atoms with van der Waals surface area (Å²) in [6.07, 6.45) is 6.30. The highest BCUT2D eigenvalue weighted by Gasteiger charge is 2.22. The molecule has 0 spiro atoms. The van der Waals surface area contributed by atoms with E-state index in [2.05, 4.69) is 22.4 Å². The standard InChI is InChI=1S/C22H27N3O3S/c1-25-20-8-3-15(21-13-23-14-29-21)11-18(20)19(12-22(25)26)24-16-4-6-17(7-5-16)28-10-9-27-2/h3,8,11-14,16-17,24H,4-7,9-10H2,1-2H3/t16-,17-. The zero-order chi connectivity index (χ0) is 20.2. The number of pyridine rings is 1. The Balaban J connectivity index is 1.55. The van der Waals surface area contributed by atoms with Gasteiger partial charge in [-0.1, -0.05) is 6.07 Å². The molecule has 1 N–H and O–H groups in total. The predicted octanol–water partition coefficient (Wildman–Crippen LogP) is 4.05. The van der Waals surface area contributed by atoms with Crippen molar-refractivity contribution >= 4 is 27.9 Å². The molecular formula is C22H27N3O3S. The fraction of sp³-hybridized carbons (Fsp3) is 0.455. The van der Waals surface area contributed by atoms with Gasteiger partial charge in [0, 0.05) is 43.5 Å². The number of thiazole rings is 1. The van der Waals surface area contributed by atoms with E-state index >= 15 is 0 Å². The van der Waals surface area contributed by atoms with E-state index in [-0.39, 0.29) is 5.56 Å². The fourth-order valence-corrected chi connectivity index (χ4v) is 4.60. The van der Waals surface area contributed by atoms with Crippen LogP contribution in [-0.2, 0) is 16.5 Å². The van der Waals surface area contributed by atoms with Crippen LogP contribution in [-0.4, -0.2) is 42.0 Å². The highest BCUT2D eigenvalue weighted by Crippen LogP contribution is 2.31. The molecule has 2 heterocycles. The number of nitrogens with one attached hydrogen (secondary N) is 1. The lowest BCUT2D eigenvalue weighted by Crippen LogP contribution is -2.31. The maximum atomic E-state index is 12.5. The van der Waals surface area contributed by atoms with E-state index in [0.29, 0.717) is 25.4 Å². The minimum absolute atomic E-state index is 0.00197. The molecule has 154 valence electrons. The van der Waals surface area contributed by atoms with E-state index < -0.39 is 0 Å². The lowest BCUT2D eigenvalue weighted by molar-refractivity contribution is -0.00154. The van der Waals surface area contributed by atoms with Gasteiger partial charge in [-0.2, -0.15) is 0 Å². The molecule has 0 aliphatic heterocycles. The van der Waals surface area contributed by atoms with Gasteiger partial charge in [-0.05, 0) is 43.4 Å². The number of aromatic nitrogens is 2. The average molecular weight is 414 g/mol. The summed E-state index contributed by atoms with van der Waals surface area (Å²) in [5.41, 5.74) is 4.81. The van der Waals surface area contributed by atoms with Gasteiger partial charge < -0.3 is 19.4 Å². The van der Waals surface area contributed by atoms with Gasteiger partial charge in [-0.25, -0.2) is 0 Å². The summed E-state index contributed by atoms with van der Waals surface area (Å²) in [6.45, 7) is 1.29. The number of benzene rings is 1. The Bertz CT molecular complexity index is 1010. The van der Waals surface area contributed by atoms with Crippen molar-refractivity contribution in [3.8, 4) is 10.4 Å². The van der Waals surface area contributed by atoms with Gasteiger partial charge in [0.2, 0.25) is 0 Å². The molecule has 29 heavy (non-hydrogen) atoms. The van der Waals surface area contributed by atoms with Crippen molar-refractivity contribution < 1.29 is 9.47 Å². The Labute approximate surface area is 174 Å². The Kier molecular flexibility index (Phi) is 6.28. The van der Waals surface area contributed by atoms with Crippen molar-refractivity contribution in [2.24, 2.45) is 7.05 Å². The average Bonchev–Trinajstić information content (AvgIpc) is 3.28. The summed E-state index contributed by atoms with van der Waals surface area (Å²) >= 11 is 1.62. The van der Waals surface area contributed by atoms with Crippen LogP contribution in [0.5, 0.6) is 0 Å². The van der Waals surface area contributed by atoms with Crippen LogP contribution in [0.25, 0.3) is 21.3 Å². The molecule has 1 fully saturated rings. The molecule has 0 unspecified atom stereocenters. The lowest BCUT2D eigenvalue weighted by Gasteiger charge is -2.30. The molecule has 1 aliphatic carbocycles. The van der Waals surface area contributed by atoms with E-state index in [4.69, 9.17) is 9.47 Å². The Hall–Kier alpha value is -2.22. The third kappa shape index (κ3) is 4.52. The SMILES string of the molecule is COCCO[C@H]1CC[C@H](Nc2cc(=O)n(C)c3ccc(-c4cncs4)cc23)CC1. The van der Waals surface area contributed by atoms with Gasteiger partial charge in [0.05, 0.1) is 35.2 Å². The summed E-state index contributed by atoms with van der Waals surface area (Å²) in [5, 5.41) is 4.71. The fourth-order valence-electron chi connectivity index (χ4n) is 3.98. The minimum atomic E-state index is 0.00197. The zero-order valence-corrected chi connectivity index (χ0v) is 17.7. The number of fused-ring (bicyclic) bond motifs is 1. The topological polar surface area (TPSA) is 65.4 Å². The molecule has 0 saturated heterocycles. The number of hydrogen-bond donors (Lipinski definition) is 1. The van der Waals surface area contributed by atoms with Crippen molar-refractivity contribution in [2.75, 3.05) is 25.6 Å². The number of rotatable bonds is 7. The Morgan fingerprint density at radius 2 is 2.03 bits per heavy atom. The van der Waals surface area contributed by atoms with E-state index in [1.54, 1.807) is 29.1 Å². The second-order valence-electron chi connectivity index (χ2n) is 7.53. The van der Waals surface area contributed by atoms with Crippen molar-refractivity contribution in [1.29, 1.82) is 0 Å². The summed E-state index contributed by atoms with van der Waals surface area (Å²) in [4.78, 5) is 17.8. The molecule has 1 aliphatic rings. The van der Waals surface area contributed by atoms with E-state index in [9.17, 15) is 4.79 Å². The first kappa shape index (κ1) is 20.1. The molecule has 1 aromatic carbocycles. The van der Waals surface area contributed by atoms with Crippen LogP contribution in [0.4, 0.5) is 5.69 Å². The maximum absolute atomic E-state index is 12.5. The van der Waals surface area contributed by atoms with Crippen LogP contribution in [0, 0.1) is 0 Å². The molecule has 6 nitrogen and oxygen atoms in total. The van der Waals surface area contributed by atoms with Crippen LogP contribution in [0.15, 0.2) is 40.8 Å². The Morgan fingerprint density at radius 1 is 1.21 bits per heavy atom. The van der Waals surface area contributed by atoms with Crippen LogP contribution in [0.2, 0.25) is 0 Å². The first-order valence-electron chi connectivity index (χ1n) is 10.1. The largest absolute Gasteiger partial charge is 0.382 e. The van der Waals surface area contributed by atoms with Crippen molar-refractivity contribution in [2.45, 2.75) is 37.8 Å². The van der Waals surface area contributed by atoms with Crippen LogP contribution in [0.1, 0.15) is 25.7 Å². The Morgan fingerprint density at radius 3 is 2.76 bits per heavy atom. The number of anilines is 1. The van der Waals surface area contributed by atoms with E-state index in [0.717, 1.165) is 52.7 Å². The predicted molar refractivity (Wildman–Crippen MR) is 118 cm³/mol. The minimum Gasteiger partial charge on any atom is -0.382 e.